The van der Waals surface area contributed by atoms with Gasteiger partial charge in [0.2, 0.25) is 0 Å². The summed E-state index contributed by atoms with van der Waals surface area (Å²) < 4.78 is 0. The Morgan fingerprint density at radius 1 is 1.16 bits per heavy atom. The lowest BCUT2D eigenvalue weighted by molar-refractivity contribution is 0.0955. The molecule has 0 aliphatic heterocycles. The van der Waals surface area contributed by atoms with E-state index < -0.39 is 11.2 Å². The topological polar surface area (TPSA) is 107 Å². The molecule has 19 heavy (non-hydrogen) atoms. The van der Waals surface area contributed by atoms with Gasteiger partial charge in [-0.15, -0.1) is 0 Å². The first-order valence-corrected chi connectivity index (χ1v) is 5.37. The molecule has 1 aromatic heterocycles. The van der Waals surface area contributed by atoms with Gasteiger partial charge in [0.05, 0.1) is 11.9 Å². The molecule has 2 rings (SSSR count). The van der Waals surface area contributed by atoms with Crippen molar-refractivity contribution in [2.45, 2.75) is 0 Å². The molecule has 3 N–H and O–H groups in total. The van der Waals surface area contributed by atoms with Crippen molar-refractivity contribution in [2.75, 3.05) is 0 Å². The monoisotopic (exact) mass is 258 g/mol. The van der Waals surface area contributed by atoms with Crippen molar-refractivity contribution in [1.82, 2.24) is 15.4 Å². The molecule has 96 valence electrons. The van der Waals surface area contributed by atoms with E-state index in [1.54, 1.807) is 30.3 Å². The van der Waals surface area contributed by atoms with Crippen LogP contribution in [0.1, 0.15) is 16.1 Å². The zero-order valence-electron chi connectivity index (χ0n) is 9.71. The summed E-state index contributed by atoms with van der Waals surface area (Å²) in [6.07, 6.45) is 1.18. The molecule has 0 bridgehead atoms. The summed E-state index contributed by atoms with van der Waals surface area (Å²) in [5, 5.41) is 3.65. The molecule has 0 fully saturated rings. The van der Waals surface area contributed by atoms with E-state index in [-0.39, 0.29) is 11.6 Å². The van der Waals surface area contributed by atoms with Crippen LogP contribution in [0.3, 0.4) is 0 Å². The lowest BCUT2D eigenvalue weighted by atomic mass is 10.2. The summed E-state index contributed by atoms with van der Waals surface area (Å²) in [6.45, 7) is 0. The zero-order chi connectivity index (χ0) is 13.7. The SMILES string of the molecule is O=C(N/N=C/c1cc(=O)[nH]c(=O)[nH]1)c1ccccc1. The van der Waals surface area contributed by atoms with Crippen molar-refractivity contribution in [3.8, 4) is 0 Å². The van der Waals surface area contributed by atoms with Gasteiger partial charge in [-0.1, -0.05) is 18.2 Å². The second-order valence-corrected chi connectivity index (χ2v) is 3.61. The lowest BCUT2D eigenvalue weighted by Gasteiger charge is -1.98. The summed E-state index contributed by atoms with van der Waals surface area (Å²) in [7, 11) is 0. The van der Waals surface area contributed by atoms with Gasteiger partial charge in [0.15, 0.2) is 0 Å². The van der Waals surface area contributed by atoms with Crippen molar-refractivity contribution >= 4 is 12.1 Å². The normalized spacial score (nSPS) is 10.5. The average molecular weight is 258 g/mol. The highest BCUT2D eigenvalue weighted by atomic mass is 16.2. The average Bonchev–Trinajstić information content (AvgIpc) is 2.38. The largest absolute Gasteiger partial charge is 0.326 e. The molecule has 0 spiro atoms. The van der Waals surface area contributed by atoms with Crippen LogP contribution in [0.2, 0.25) is 0 Å². The smallest absolute Gasteiger partial charge is 0.306 e. The minimum atomic E-state index is -0.636. The number of aromatic nitrogens is 2. The van der Waals surface area contributed by atoms with Gasteiger partial charge in [-0.3, -0.25) is 14.6 Å². The van der Waals surface area contributed by atoms with E-state index >= 15 is 0 Å². The molecule has 0 saturated heterocycles. The maximum absolute atomic E-state index is 11.6. The number of carbonyl (C=O) groups excluding carboxylic acids is 1. The summed E-state index contributed by atoms with van der Waals surface area (Å²) in [5.74, 6) is -0.385. The van der Waals surface area contributed by atoms with Crippen LogP contribution in [0.4, 0.5) is 0 Å². The summed E-state index contributed by atoms with van der Waals surface area (Å²) in [6, 6.07) is 9.68. The second-order valence-electron chi connectivity index (χ2n) is 3.61. The molecule has 0 aliphatic rings. The minimum Gasteiger partial charge on any atom is -0.306 e. The van der Waals surface area contributed by atoms with Crippen molar-refractivity contribution in [2.24, 2.45) is 5.10 Å². The maximum atomic E-state index is 11.6. The zero-order valence-corrected chi connectivity index (χ0v) is 9.71. The van der Waals surface area contributed by atoms with Crippen LogP contribution in [0.25, 0.3) is 0 Å². The van der Waals surface area contributed by atoms with Gasteiger partial charge < -0.3 is 4.98 Å². The van der Waals surface area contributed by atoms with Crippen molar-refractivity contribution in [1.29, 1.82) is 0 Å². The number of nitrogens with zero attached hydrogens (tertiary/aromatic N) is 1. The van der Waals surface area contributed by atoms with Crippen LogP contribution in [0.5, 0.6) is 0 Å². The highest BCUT2D eigenvalue weighted by Gasteiger charge is 2.01. The Balaban J connectivity index is 2.06. The molecule has 0 unspecified atom stereocenters. The first-order chi connectivity index (χ1) is 9.15. The molecule has 7 nitrogen and oxygen atoms in total. The van der Waals surface area contributed by atoms with E-state index in [4.69, 9.17) is 0 Å². The number of amides is 1. The first-order valence-electron chi connectivity index (χ1n) is 5.37. The van der Waals surface area contributed by atoms with Crippen LogP contribution in [-0.4, -0.2) is 22.1 Å². The van der Waals surface area contributed by atoms with Crippen LogP contribution >= 0.6 is 0 Å². The number of aromatic amines is 2. The third-order valence-electron chi connectivity index (χ3n) is 2.19. The molecule has 1 heterocycles. The fourth-order valence-corrected chi connectivity index (χ4v) is 1.37. The summed E-state index contributed by atoms with van der Waals surface area (Å²) in [5.41, 5.74) is 1.76. The van der Waals surface area contributed by atoms with E-state index in [0.717, 1.165) is 6.07 Å². The molecule has 1 amide bonds. The number of hydrogen-bond donors (Lipinski definition) is 3. The summed E-state index contributed by atoms with van der Waals surface area (Å²) in [4.78, 5) is 37.9. The van der Waals surface area contributed by atoms with E-state index in [1.165, 1.54) is 6.21 Å². The number of nitrogens with one attached hydrogen (secondary N) is 3. The highest BCUT2D eigenvalue weighted by Crippen LogP contribution is 1.97. The molecule has 0 radical (unpaired) electrons. The van der Waals surface area contributed by atoms with Gasteiger partial charge in [-0.2, -0.15) is 5.10 Å². The molecular weight excluding hydrogens is 248 g/mol. The maximum Gasteiger partial charge on any atom is 0.326 e. The fraction of sp³-hybridized carbons (Fsp3) is 0. The molecule has 0 aliphatic carbocycles. The predicted molar refractivity (Wildman–Crippen MR) is 69.2 cm³/mol. The van der Waals surface area contributed by atoms with Crippen LogP contribution in [-0.2, 0) is 0 Å². The van der Waals surface area contributed by atoms with Crippen molar-refractivity contribution in [3.05, 3.63) is 68.5 Å². The minimum absolute atomic E-state index is 0.196. The van der Waals surface area contributed by atoms with Gasteiger partial charge in [-0.25, -0.2) is 10.2 Å². The third kappa shape index (κ3) is 3.50. The summed E-state index contributed by atoms with van der Waals surface area (Å²) >= 11 is 0. The quantitative estimate of drug-likeness (QED) is 0.525. The molecule has 0 saturated carbocycles. The number of hydrazone groups is 1. The molecule has 1 aromatic carbocycles. The van der Waals surface area contributed by atoms with Gasteiger partial charge >= 0.3 is 5.69 Å². The number of hydrogen-bond acceptors (Lipinski definition) is 4. The number of H-pyrrole nitrogens is 2. The molecule has 7 heteroatoms. The van der Waals surface area contributed by atoms with Gasteiger partial charge in [-0.05, 0) is 12.1 Å². The molecule has 2 aromatic rings. The Morgan fingerprint density at radius 2 is 1.89 bits per heavy atom. The fourth-order valence-electron chi connectivity index (χ4n) is 1.37. The second kappa shape index (κ2) is 5.58. The van der Waals surface area contributed by atoms with Gasteiger partial charge in [0.1, 0.15) is 0 Å². The number of carbonyl (C=O) groups is 1. The van der Waals surface area contributed by atoms with Gasteiger partial charge in [0, 0.05) is 11.6 Å². The van der Waals surface area contributed by atoms with Crippen LogP contribution in [0, 0.1) is 0 Å². The standard InChI is InChI=1S/C12H10N4O3/c17-10-6-9(14-12(19)15-10)7-13-16-11(18)8-4-2-1-3-5-8/h1-7H,(H,16,18)(H2,14,15,17,19)/b13-7+. The van der Waals surface area contributed by atoms with E-state index in [2.05, 4.69) is 15.5 Å². The first kappa shape index (κ1) is 12.5. The molecular formula is C12H10N4O3. The van der Waals surface area contributed by atoms with E-state index in [0.29, 0.717) is 5.56 Å². The number of benzene rings is 1. The van der Waals surface area contributed by atoms with Crippen molar-refractivity contribution < 1.29 is 4.79 Å². The third-order valence-corrected chi connectivity index (χ3v) is 2.19. The van der Waals surface area contributed by atoms with Crippen LogP contribution < -0.4 is 16.7 Å². The Morgan fingerprint density at radius 3 is 2.58 bits per heavy atom. The Labute approximate surface area is 107 Å². The van der Waals surface area contributed by atoms with Crippen molar-refractivity contribution in [3.63, 3.8) is 0 Å². The van der Waals surface area contributed by atoms with Crippen LogP contribution in [0.15, 0.2) is 51.1 Å². The highest BCUT2D eigenvalue weighted by molar-refractivity contribution is 5.94. The Hall–Kier alpha value is -2.96. The lowest BCUT2D eigenvalue weighted by Crippen LogP contribution is -2.23. The Bertz CT molecular complexity index is 687. The Kier molecular flexibility index (Phi) is 3.67. The molecule has 0 atom stereocenters. The predicted octanol–water partition coefficient (Wildman–Crippen LogP) is -0.173. The van der Waals surface area contributed by atoms with Gasteiger partial charge in [0.25, 0.3) is 11.5 Å². The number of rotatable bonds is 3. The van der Waals surface area contributed by atoms with E-state index in [9.17, 15) is 14.4 Å². The van der Waals surface area contributed by atoms with E-state index in [1.807, 2.05) is 4.98 Å².